The molecule has 0 aliphatic rings. The predicted octanol–water partition coefficient (Wildman–Crippen LogP) is 4.25. The third-order valence-corrected chi connectivity index (χ3v) is 3.18. The molecule has 4 aromatic rings. The number of hydrogen-bond donors (Lipinski definition) is 1. The monoisotopic (exact) mass is 270 g/mol. The average molecular weight is 270 g/mol. The van der Waals surface area contributed by atoms with Crippen molar-refractivity contribution in [3.63, 3.8) is 0 Å². The van der Waals surface area contributed by atoms with Gasteiger partial charge in [0, 0.05) is 17.5 Å². The van der Waals surface area contributed by atoms with Crippen molar-refractivity contribution in [1.82, 2.24) is 9.97 Å². The molecule has 20 heavy (non-hydrogen) atoms. The van der Waals surface area contributed by atoms with Crippen LogP contribution in [0, 0.1) is 11.6 Å². The van der Waals surface area contributed by atoms with Crippen LogP contribution in [0.1, 0.15) is 0 Å². The van der Waals surface area contributed by atoms with Crippen molar-refractivity contribution < 1.29 is 13.2 Å². The fourth-order valence-corrected chi connectivity index (χ4v) is 2.22. The first kappa shape index (κ1) is 11.2. The summed E-state index contributed by atoms with van der Waals surface area (Å²) in [6.45, 7) is 0. The van der Waals surface area contributed by atoms with Crippen LogP contribution in [0.4, 0.5) is 8.78 Å². The van der Waals surface area contributed by atoms with E-state index in [2.05, 4.69) is 9.97 Å². The molecule has 0 aliphatic heterocycles. The van der Waals surface area contributed by atoms with Crippen LogP contribution >= 0.6 is 0 Å². The van der Waals surface area contributed by atoms with Crippen LogP contribution in [-0.4, -0.2) is 9.97 Å². The fraction of sp³-hybridized carbons (Fsp3) is 0. The molecule has 0 bridgehead atoms. The Balaban J connectivity index is 1.93. The van der Waals surface area contributed by atoms with Gasteiger partial charge in [-0.3, -0.25) is 0 Å². The molecule has 5 heteroatoms. The minimum atomic E-state index is -0.917. The molecule has 1 N–H and O–H groups in total. The van der Waals surface area contributed by atoms with Crippen molar-refractivity contribution in [1.29, 1.82) is 0 Å². The summed E-state index contributed by atoms with van der Waals surface area (Å²) in [5, 5.41) is 0.945. The lowest BCUT2D eigenvalue weighted by atomic mass is 10.2. The number of halogens is 2. The van der Waals surface area contributed by atoms with Gasteiger partial charge in [0.25, 0.3) is 0 Å². The number of nitrogens with zero attached hydrogens (tertiary/aromatic N) is 1. The highest BCUT2D eigenvalue weighted by Crippen LogP contribution is 2.27. The van der Waals surface area contributed by atoms with Gasteiger partial charge >= 0.3 is 0 Å². The Kier molecular flexibility index (Phi) is 2.18. The van der Waals surface area contributed by atoms with Crippen LogP contribution in [0.15, 0.2) is 46.9 Å². The number of H-pyrrole nitrogens is 1. The van der Waals surface area contributed by atoms with Crippen molar-refractivity contribution in [2.75, 3.05) is 0 Å². The maximum atomic E-state index is 13.2. The van der Waals surface area contributed by atoms with Crippen molar-refractivity contribution in [2.45, 2.75) is 0 Å². The third kappa shape index (κ3) is 1.60. The van der Waals surface area contributed by atoms with E-state index >= 15 is 0 Å². The Morgan fingerprint density at radius 1 is 1.00 bits per heavy atom. The molecule has 0 radical (unpaired) electrons. The molecular formula is C15H8F2N2O. The van der Waals surface area contributed by atoms with E-state index < -0.39 is 11.6 Å². The number of aromatic nitrogens is 2. The topological polar surface area (TPSA) is 41.8 Å². The first-order valence-corrected chi connectivity index (χ1v) is 6.04. The van der Waals surface area contributed by atoms with E-state index in [1.54, 1.807) is 0 Å². The number of imidazole rings is 1. The van der Waals surface area contributed by atoms with E-state index in [4.69, 9.17) is 4.42 Å². The van der Waals surface area contributed by atoms with Gasteiger partial charge in [-0.2, -0.15) is 0 Å². The number of rotatable bonds is 1. The predicted molar refractivity (Wildman–Crippen MR) is 71.2 cm³/mol. The van der Waals surface area contributed by atoms with E-state index in [0.717, 1.165) is 23.1 Å². The molecule has 3 nitrogen and oxygen atoms in total. The number of para-hydroxylation sites is 1. The SMILES string of the molecule is Fc1cc2nc(-c3cc4ccccc4o3)[nH]c2cc1F. The zero-order valence-corrected chi connectivity index (χ0v) is 10.2. The zero-order valence-electron chi connectivity index (χ0n) is 10.2. The third-order valence-electron chi connectivity index (χ3n) is 3.18. The minimum absolute atomic E-state index is 0.361. The number of nitrogens with one attached hydrogen (secondary N) is 1. The van der Waals surface area contributed by atoms with E-state index in [0.29, 0.717) is 22.6 Å². The summed E-state index contributed by atoms with van der Waals surface area (Å²) >= 11 is 0. The van der Waals surface area contributed by atoms with Crippen LogP contribution < -0.4 is 0 Å². The molecule has 0 spiro atoms. The summed E-state index contributed by atoms with van der Waals surface area (Å²) in [7, 11) is 0. The first-order valence-electron chi connectivity index (χ1n) is 6.04. The number of fused-ring (bicyclic) bond motifs is 2. The van der Waals surface area contributed by atoms with Crippen molar-refractivity contribution in [3.8, 4) is 11.6 Å². The van der Waals surface area contributed by atoms with Gasteiger partial charge in [-0.1, -0.05) is 18.2 Å². The molecule has 0 saturated heterocycles. The van der Waals surface area contributed by atoms with Gasteiger partial charge in [0.2, 0.25) is 0 Å². The number of benzene rings is 2. The Bertz CT molecular complexity index is 868. The summed E-state index contributed by atoms with van der Waals surface area (Å²) in [4.78, 5) is 7.15. The second kappa shape index (κ2) is 3.90. The van der Waals surface area contributed by atoms with Gasteiger partial charge < -0.3 is 9.40 Å². The van der Waals surface area contributed by atoms with Gasteiger partial charge in [0.15, 0.2) is 23.2 Å². The highest BCUT2D eigenvalue weighted by molar-refractivity contribution is 5.84. The molecule has 98 valence electrons. The summed E-state index contributed by atoms with van der Waals surface area (Å²) in [6.07, 6.45) is 0. The summed E-state index contributed by atoms with van der Waals surface area (Å²) in [6, 6.07) is 11.5. The molecule has 2 heterocycles. The second-order valence-corrected chi connectivity index (χ2v) is 4.52. The van der Waals surface area contributed by atoms with Gasteiger partial charge in [0.1, 0.15) is 5.58 Å². The number of hydrogen-bond acceptors (Lipinski definition) is 2. The number of aromatic amines is 1. The molecule has 0 fully saturated rings. The summed E-state index contributed by atoms with van der Waals surface area (Å²) in [5.74, 6) is -0.845. The van der Waals surface area contributed by atoms with Crippen LogP contribution in [0.2, 0.25) is 0 Å². The van der Waals surface area contributed by atoms with Crippen LogP contribution in [0.5, 0.6) is 0 Å². The van der Waals surface area contributed by atoms with E-state index in [1.807, 2.05) is 30.3 Å². The lowest BCUT2D eigenvalue weighted by Gasteiger charge is -1.90. The zero-order chi connectivity index (χ0) is 13.7. The Morgan fingerprint density at radius 3 is 2.65 bits per heavy atom. The Hall–Kier alpha value is -2.69. The van der Waals surface area contributed by atoms with Gasteiger partial charge in [-0.05, 0) is 12.1 Å². The smallest absolute Gasteiger partial charge is 0.174 e. The molecule has 0 atom stereocenters. The number of furan rings is 1. The Labute approximate surface area is 111 Å². The Morgan fingerprint density at radius 2 is 1.80 bits per heavy atom. The molecule has 4 rings (SSSR count). The summed E-state index contributed by atoms with van der Waals surface area (Å²) in [5.41, 5.74) is 1.53. The first-order chi connectivity index (χ1) is 9.70. The highest BCUT2D eigenvalue weighted by atomic mass is 19.2. The lowest BCUT2D eigenvalue weighted by molar-refractivity contribution is 0.510. The quantitative estimate of drug-likeness (QED) is 0.561. The highest BCUT2D eigenvalue weighted by Gasteiger charge is 2.13. The molecule has 0 amide bonds. The van der Waals surface area contributed by atoms with Crippen molar-refractivity contribution in [2.24, 2.45) is 0 Å². The van der Waals surface area contributed by atoms with E-state index in [1.165, 1.54) is 0 Å². The summed E-state index contributed by atoms with van der Waals surface area (Å²) < 4.78 is 32.0. The largest absolute Gasteiger partial charge is 0.453 e. The molecule has 2 aromatic heterocycles. The molecule has 2 aromatic carbocycles. The van der Waals surface area contributed by atoms with Crippen molar-refractivity contribution in [3.05, 3.63) is 54.1 Å². The van der Waals surface area contributed by atoms with Crippen LogP contribution in [0.3, 0.4) is 0 Å². The van der Waals surface area contributed by atoms with Gasteiger partial charge in [-0.15, -0.1) is 0 Å². The maximum Gasteiger partial charge on any atom is 0.174 e. The van der Waals surface area contributed by atoms with E-state index in [9.17, 15) is 8.78 Å². The molecule has 0 aliphatic carbocycles. The molecule has 0 saturated carbocycles. The average Bonchev–Trinajstić information content (AvgIpc) is 3.02. The maximum absolute atomic E-state index is 13.2. The second-order valence-electron chi connectivity index (χ2n) is 4.52. The van der Waals surface area contributed by atoms with Gasteiger partial charge in [0.05, 0.1) is 11.0 Å². The van der Waals surface area contributed by atoms with Gasteiger partial charge in [-0.25, -0.2) is 13.8 Å². The minimum Gasteiger partial charge on any atom is -0.453 e. The van der Waals surface area contributed by atoms with E-state index in [-0.39, 0.29) is 0 Å². The standard InChI is InChI=1S/C15H8F2N2O/c16-9-6-11-12(7-10(9)17)19-15(18-11)14-5-8-3-1-2-4-13(8)20-14/h1-7H,(H,18,19). The van der Waals surface area contributed by atoms with Crippen LogP contribution in [0.25, 0.3) is 33.6 Å². The lowest BCUT2D eigenvalue weighted by Crippen LogP contribution is -1.82. The van der Waals surface area contributed by atoms with Crippen LogP contribution in [-0.2, 0) is 0 Å². The van der Waals surface area contributed by atoms with Crippen molar-refractivity contribution >= 4 is 22.0 Å². The molecule has 0 unspecified atom stereocenters. The normalized spacial score (nSPS) is 11.5. The fourth-order valence-electron chi connectivity index (χ4n) is 2.22. The molecular weight excluding hydrogens is 262 g/mol.